The Bertz CT molecular complexity index is 460. The zero-order chi connectivity index (χ0) is 15.8. The van der Waals surface area contributed by atoms with Crippen LogP contribution in [-0.2, 0) is 9.59 Å². The molecule has 5 heteroatoms. The number of nitrogens with two attached hydrogens (primary N) is 1. The van der Waals surface area contributed by atoms with Gasteiger partial charge in [0, 0.05) is 6.42 Å². The zero-order valence-corrected chi connectivity index (χ0v) is 12.6. The Morgan fingerprint density at radius 2 is 1.86 bits per heavy atom. The lowest BCUT2D eigenvalue weighted by molar-refractivity contribution is -0.142. The maximum atomic E-state index is 12.1. The number of amides is 1. The van der Waals surface area contributed by atoms with Gasteiger partial charge in [-0.3, -0.25) is 4.79 Å². The number of aliphatic carboxylic acids is 1. The van der Waals surface area contributed by atoms with Crippen molar-refractivity contribution >= 4 is 11.9 Å². The fraction of sp³-hybridized carbons (Fsp3) is 0.500. The van der Waals surface area contributed by atoms with Gasteiger partial charge < -0.3 is 16.2 Å². The molecule has 1 rings (SSSR count). The molecule has 0 radical (unpaired) electrons. The lowest BCUT2D eigenvalue weighted by Crippen LogP contribution is -2.35. The summed E-state index contributed by atoms with van der Waals surface area (Å²) in [7, 11) is 0. The summed E-state index contributed by atoms with van der Waals surface area (Å²) in [4.78, 5) is 23.4. The van der Waals surface area contributed by atoms with E-state index in [-0.39, 0.29) is 18.2 Å². The molecule has 0 aliphatic heterocycles. The number of benzene rings is 1. The molecular weight excluding hydrogens is 268 g/mol. The molecule has 1 aromatic carbocycles. The van der Waals surface area contributed by atoms with E-state index >= 15 is 0 Å². The molecule has 5 nitrogen and oxygen atoms in total. The van der Waals surface area contributed by atoms with Crippen molar-refractivity contribution in [3.63, 3.8) is 0 Å². The Hall–Kier alpha value is -1.88. The normalized spacial score (nSPS) is 13.7. The molecule has 2 atom stereocenters. The van der Waals surface area contributed by atoms with E-state index in [0.717, 1.165) is 6.42 Å². The molecule has 0 heterocycles. The number of hydrogen-bond acceptors (Lipinski definition) is 3. The summed E-state index contributed by atoms with van der Waals surface area (Å²) >= 11 is 0. The van der Waals surface area contributed by atoms with Crippen molar-refractivity contribution < 1.29 is 14.7 Å². The fourth-order valence-electron chi connectivity index (χ4n) is 2.34. The first kappa shape index (κ1) is 17.2. The monoisotopic (exact) mass is 292 g/mol. The third-order valence-electron chi connectivity index (χ3n) is 3.30. The highest BCUT2D eigenvalue weighted by Crippen LogP contribution is 2.17. The van der Waals surface area contributed by atoms with Crippen molar-refractivity contribution in [1.82, 2.24) is 5.32 Å². The van der Waals surface area contributed by atoms with Gasteiger partial charge in [-0.25, -0.2) is 4.79 Å². The summed E-state index contributed by atoms with van der Waals surface area (Å²) in [5.41, 5.74) is 6.24. The highest BCUT2D eigenvalue weighted by molar-refractivity contribution is 5.84. The van der Waals surface area contributed by atoms with Crippen molar-refractivity contribution in [3.05, 3.63) is 35.9 Å². The second-order valence-corrected chi connectivity index (χ2v) is 5.68. The molecule has 4 N–H and O–H groups in total. The average molecular weight is 292 g/mol. The van der Waals surface area contributed by atoms with Crippen LogP contribution in [0.4, 0.5) is 0 Å². The Balaban J connectivity index is 2.67. The second-order valence-electron chi connectivity index (χ2n) is 5.68. The quantitative estimate of drug-likeness (QED) is 0.682. The summed E-state index contributed by atoms with van der Waals surface area (Å²) in [5.74, 6) is -0.809. The molecule has 21 heavy (non-hydrogen) atoms. The predicted octanol–water partition coefficient (Wildman–Crippen LogP) is 1.94. The summed E-state index contributed by atoms with van der Waals surface area (Å²) in [5, 5.41) is 11.8. The van der Waals surface area contributed by atoms with E-state index in [9.17, 15) is 14.7 Å². The minimum absolute atomic E-state index is 0.0789. The number of carboxylic acids is 1. The largest absolute Gasteiger partial charge is 0.479 e. The number of carboxylic acid groups (broad SMARTS) is 1. The van der Waals surface area contributed by atoms with Crippen LogP contribution in [0.2, 0.25) is 0 Å². The Morgan fingerprint density at radius 1 is 1.24 bits per heavy atom. The van der Waals surface area contributed by atoms with Crippen molar-refractivity contribution in [2.24, 2.45) is 17.6 Å². The average Bonchev–Trinajstić information content (AvgIpc) is 2.44. The fourth-order valence-corrected chi connectivity index (χ4v) is 2.34. The molecule has 116 valence electrons. The molecule has 0 fully saturated rings. The molecule has 0 bridgehead atoms. The van der Waals surface area contributed by atoms with Crippen LogP contribution in [0.3, 0.4) is 0 Å². The van der Waals surface area contributed by atoms with Gasteiger partial charge in [0.05, 0.1) is 0 Å². The maximum Gasteiger partial charge on any atom is 0.330 e. The van der Waals surface area contributed by atoms with Gasteiger partial charge in [-0.2, -0.15) is 0 Å². The Kier molecular flexibility index (Phi) is 6.88. The van der Waals surface area contributed by atoms with E-state index in [0.29, 0.717) is 18.0 Å². The molecule has 0 aromatic heterocycles. The van der Waals surface area contributed by atoms with E-state index in [1.54, 1.807) is 30.3 Å². The van der Waals surface area contributed by atoms with Gasteiger partial charge >= 0.3 is 5.97 Å². The number of rotatable bonds is 8. The second kappa shape index (κ2) is 8.42. The van der Waals surface area contributed by atoms with Gasteiger partial charge in [-0.1, -0.05) is 44.2 Å². The van der Waals surface area contributed by atoms with E-state index in [1.807, 2.05) is 0 Å². The molecule has 0 saturated carbocycles. The van der Waals surface area contributed by atoms with E-state index in [4.69, 9.17) is 5.73 Å². The molecule has 1 amide bonds. The smallest absolute Gasteiger partial charge is 0.330 e. The minimum Gasteiger partial charge on any atom is -0.479 e. The number of nitrogens with one attached hydrogen (secondary N) is 1. The molecule has 0 saturated heterocycles. The Morgan fingerprint density at radius 3 is 2.33 bits per heavy atom. The van der Waals surface area contributed by atoms with Crippen LogP contribution in [0.25, 0.3) is 0 Å². The standard InChI is InChI=1S/C16H24N2O3/c1-11(2)8-12(10-17)9-14(19)18-15(16(20)21)13-6-4-3-5-7-13/h3-7,11-12,15H,8-10,17H2,1-2H3,(H,18,19)(H,20,21)/t12?,15-/m1/s1. The third-order valence-corrected chi connectivity index (χ3v) is 3.30. The first-order valence-electron chi connectivity index (χ1n) is 7.21. The van der Waals surface area contributed by atoms with E-state index in [2.05, 4.69) is 19.2 Å². The topological polar surface area (TPSA) is 92.4 Å². The van der Waals surface area contributed by atoms with Crippen LogP contribution in [0, 0.1) is 11.8 Å². The number of carbonyl (C=O) groups is 2. The van der Waals surface area contributed by atoms with E-state index in [1.165, 1.54) is 0 Å². The van der Waals surface area contributed by atoms with E-state index < -0.39 is 12.0 Å². The van der Waals surface area contributed by atoms with Crippen LogP contribution in [0.15, 0.2) is 30.3 Å². The summed E-state index contributed by atoms with van der Waals surface area (Å²) in [6.45, 7) is 4.57. The predicted molar refractivity (Wildman–Crippen MR) is 81.6 cm³/mol. The minimum atomic E-state index is -1.07. The highest BCUT2D eigenvalue weighted by atomic mass is 16.4. The molecule has 0 aliphatic carbocycles. The summed E-state index contributed by atoms with van der Waals surface area (Å²) < 4.78 is 0. The first-order chi connectivity index (χ1) is 9.93. The number of carbonyl (C=O) groups excluding carboxylic acids is 1. The van der Waals surface area contributed by atoms with Crippen LogP contribution < -0.4 is 11.1 Å². The van der Waals surface area contributed by atoms with Crippen LogP contribution in [0.5, 0.6) is 0 Å². The lowest BCUT2D eigenvalue weighted by Gasteiger charge is -2.19. The van der Waals surface area contributed by atoms with Crippen molar-refractivity contribution in [1.29, 1.82) is 0 Å². The van der Waals surface area contributed by atoms with Crippen molar-refractivity contribution in [3.8, 4) is 0 Å². The molecule has 0 spiro atoms. The summed E-state index contributed by atoms with van der Waals surface area (Å²) in [6, 6.07) is 7.66. The lowest BCUT2D eigenvalue weighted by atomic mass is 9.93. The first-order valence-corrected chi connectivity index (χ1v) is 7.21. The maximum absolute atomic E-state index is 12.1. The molecule has 0 aliphatic rings. The molecule has 1 aromatic rings. The highest BCUT2D eigenvalue weighted by Gasteiger charge is 2.23. The van der Waals surface area contributed by atoms with Gasteiger partial charge in [0.15, 0.2) is 6.04 Å². The van der Waals surface area contributed by atoms with Gasteiger partial charge in [0.2, 0.25) is 5.91 Å². The van der Waals surface area contributed by atoms with Gasteiger partial charge in [-0.15, -0.1) is 0 Å². The van der Waals surface area contributed by atoms with Crippen LogP contribution in [0.1, 0.15) is 38.3 Å². The molecular formula is C16H24N2O3. The van der Waals surface area contributed by atoms with Gasteiger partial charge in [-0.05, 0) is 30.4 Å². The van der Waals surface area contributed by atoms with Gasteiger partial charge in [0.25, 0.3) is 0 Å². The summed E-state index contributed by atoms with van der Waals surface area (Å²) in [6.07, 6.45) is 1.11. The third kappa shape index (κ3) is 5.95. The van der Waals surface area contributed by atoms with Crippen molar-refractivity contribution in [2.45, 2.75) is 32.7 Å². The van der Waals surface area contributed by atoms with Crippen molar-refractivity contribution in [2.75, 3.05) is 6.54 Å². The molecule has 1 unspecified atom stereocenters. The number of hydrogen-bond donors (Lipinski definition) is 3. The van der Waals surface area contributed by atoms with Crippen LogP contribution in [-0.4, -0.2) is 23.5 Å². The SMILES string of the molecule is CC(C)CC(CN)CC(=O)N[C@@H](C(=O)O)c1ccccc1. The van der Waals surface area contributed by atoms with Gasteiger partial charge in [0.1, 0.15) is 0 Å². The zero-order valence-electron chi connectivity index (χ0n) is 12.6. The van der Waals surface area contributed by atoms with Crippen LogP contribution >= 0.6 is 0 Å². The Labute approximate surface area is 125 Å².